The molecular formula is C15H21N3O3. The molecule has 0 saturated carbocycles. The first-order chi connectivity index (χ1) is 10.0. The zero-order valence-electron chi connectivity index (χ0n) is 12.6. The van der Waals surface area contributed by atoms with E-state index in [0.29, 0.717) is 19.7 Å². The van der Waals surface area contributed by atoms with Crippen LogP contribution in [0.5, 0.6) is 5.75 Å². The Hall–Kier alpha value is -2.24. The zero-order valence-corrected chi connectivity index (χ0v) is 12.6. The number of ether oxygens (including phenoxy) is 1. The Bertz CT molecular complexity index is 570. The van der Waals surface area contributed by atoms with E-state index in [2.05, 4.69) is 10.5 Å². The Balaban J connectivity index is 2.09. The molecule has 114 valence electrons. The predicted molar refractivity (Wildman–Crippen MR) is 80.5 cm³/mol. The quantitative estimate of drug-likeness (QED) is 0.494. The average Bonchev–Trinajstić information content (AvgIpc) is 2.84. The summed E-state index contributed by atoms with van der Waals surface area (Å²) in [5, 5.41) is 14.6. The Kier molecular flexibility index (Phi) is 4.67. The highest BCUT2D eigenvalue weighted by atomic mass is 16.5. The fourth-order valence-electron chi connectivity index (χ4n) is 2.64. The first kappa shape index (κ1) is 15.2. The van der Waals surface area contributed by atoms with Crippen molar-refractivity contribution in [1.82, 2.24) is 10.2 Å². The summed E-state index contributed by atoms with van der Waals surface area (Å²) in [5.41, 5.74) is 3.87. The molecule has 0 unspecified atom stereocenters. The lowest BCUT2D eigenvalue weighted by molar-refractivity contribution is 0.202. The third kappa shape index (κ3) is 3.26. The van der Waals surface area contributed by atoms with Crippen LogP contribution in [0.25, 0.3) is 0 Å². The molecule has 1 aromatic carbocycles. The van der Waals surface area contributed by atoms with E-state index < -0.39 is 0 Å². The molecule has 1 saturated heterocycles. The third-order valence-corrected chi connectivity index (χ3v) is 3.70. The Labute approximate surface area is 124 Å². The number of urea groups is 1. The first-order valence-corrected chi connectivity index (χ1v) is 6.98. The number of hydrogen-bond donors (Lipinski definition) is 2. The summed E-state index contributed by atoms with van der Waals surface area (Å²) in [5.74, 6) is 0.787. The van der Waals surface area contributed by atoms with Gasteiger partial charge in [-0.25, -0.2) is 4.79 Å². The molecule has 1 aliphatic rings. The average molecular weight is 291 g/mol. The summed E-state index contributed by atoms with van der Waals surface area (Å²) in [7, 11) is 0. The van der Waals surface area contributed by atoms with Gasteiger partial charge in [0.05, 0.1) is 12.8 Å². The summed E-state index contributed by atoms with van der Waals surface area (Å²) in [4.78, 5) is 13.2. The summed E-state index contributed by atoms with van der Waals surface area (Å²) >= 11 is 0. The van der Waals surface area contributed by atoms with Crippen molar-refractivity contribution in [2.24, 2.45) is 5.16 Å². The Morgan fingerprint density at radius 3 is 2.81 bits per heavy atom. The molecule has 2 N–H and O–H groups in total. The molecule has 1 aromatic rings. The molecular weight excluding hydrogens is 270 g/mol. The largest absolute Gasteiger partial charge is 0.491 e. The first-order valence-electron chi connectivity index (χ1n) is 6.98. The van der Waals surface area contributed by atoms with Crippen LogP contribution in [0.2, 0.25) is 0 Å². The van der Waals surface area contributed by atoms with Crippen molar-refractivity contribution < 1.29 is 14.7 Å². The van der Waals surface area contributed by atoms with Crippen LogP contribution in [0.3, 0.4) is 0 Å². The van der Waals surface area contributed by atoms with Crippen molar-refractivity contribution in [2.45, 2.75) is 20.8 Å². The van der Waals surface area contributed by atoms with E-state index in [1.807, 2.05) is 26.8 Å². The number of amides is 2. The van der Waals surface area contributed by atoms with Gasteiger partial charge in [0, 0.05) is 24.2 Å². The van der Waals surface area contributed by atoms with E-state index in [0.717, 1.165) is 34.5 Å². The Morgan fingerprint density at radius 1 is 1.43 bits per heavy atom. The van der Waals surface area contributed by atoms with E-state index in [9.17, 15) is 4.79 Å². The van der Waals surface area contributed by atoms with Gasteiger partial charge in [-0.15, -0.1) is 0 Å². The number of carbonyl (C=O) groups is 1. The number of nitrogens with one attached hydrogen (secondary N) is 1. The van der Waals surface area contributed by atoms with Crippen LogP contribution < -0.4 is 10.1 Å². The predicted octanol–water partition coefficient (Wildman–Crippen LogP) is 1.82. The van der Waals surface area contributed by atoms with E-state index >= 15 is 0 Å². The second-order valence-corrected chi connectivity index (χ2v) is 5.19. The van der Waals surface area contributed by atoms with Crippen molar-refractivity contribution in [2.75, 3.05) is 26.2 Å². The normalized spacial score (nSPS) is 14.8. The zero-order chi connectivity index (χ0) is 15.4. The monoisotopic (exact) mass is 291 g/mol. The van der Waals surface area contributed by atoms with Crippen LogP contribution in [-0.4, -0.2) is 48.6 Å². The highest BCUT2D eigenvalue weighted by molar-refractivity contribution is 5.85. The van der Waals surface area contributed by atoms with Gasteiger partial charge in [0.15, 0.2) is 0 Å². The van der Waals surface area contributed by atoms with Crippen LogP contribution in [0.1, 0.15) is 22.3 Å². The molecule has 1 aliphatic heterocycles. The van der Waals surface area contributed by atoms with Gasteiger partial charge in [0.25, 0.3) is 0 Å². The minimum absolute atomic E-state index is 0.0379. The lowest BCUT2D eigenvalue weighted by Crippen LogP contribution is -2.32. The number of benzene rings is 1. The molecule has 0 aromatic heterocycles. The molecule has 6 heteroatoms. The molecule has 21 heavy (non-hydrogen) atoms. The molecule has 0 radical (unpaired) electrons. The number of carbonyl (C=O) groups excluding carboxylic acids is 1. The van der Waals surface area contributed by atoms with Crippen LogP contribution >= 0.6 is 0 Å². The number of hydrogen-bond acceptors (Lipinski definition) is 4. The number of oxime groups is 1. The minimum atomic E-state index is -0.0379. The van der Waals surface area contributed by atoms with Crippen molar-refractivity contribution in [3.63, 3.8) is 0 Å². The lowest BCUT2D eigenvalue weighted by Gasteiger charge is -2.18. The summed E-state index contributed by atoms with van der Waals surface area (Å²) in [6, 6.07) is 1.96. The molecule has 0 bridgehead atoms. The van der Waals surface area contributed by atoms with Gasteiger partial charge in [-0.2, -0.15) is 0 Å². The van der Waals surface area contributed by atoms with Crippen molar-refractivity contribution in [3.05, 3.63) is 28.3 Å². The summed E-state index contributed by atoms with van der Waals surface area (Å²) in [6.07, 6.45) is 1.42. The van der Waals surface area contributed by atoms with Gasteiger partial charge in [-0.3, -0.25) is 0 Å². The molecule has 0 aliphatic carbocycles. The molecule has 1 fully saturated rings. The molecule has 0 spiro atoms. The van der Waals surface area contributed by atoms with Crippen molar-refractivity contribution in [1.29, 1.82) is 0 Å². The summed E-state index contributed by atoms with van der Waals surface area (Å²) < 4.78 is 5.85. The Morgan fingerprint density at radius 2 is 2.19 bits per heavy atom. The van der Waals surface area contributed by atoms with Crippen LogP contribution in [-0.2, 0) is 0 Å². The number of aryl methyl sites for hydroxylation is 2. The van der Waals surface area contributed by atoms with Gasteiger partial charge in [-0.05, 0) is 31.9 Å². The molecule has 1 heterocycles. The van der Waals surface area contributed by atoms with Crippen LogP contribution in [0.15, 0.2) is 11.2 Å². The second kappa shape index (κ2) is 6.47. The maximum Gasteiger partial charge on any atom is 0.317 e. The van der Waals surface area contributed by atoms with Crippen LogP contribution in [0, 0.1) is 20.8 Å². The summed E-state index contributed by atoms with van der Waals surface area (Å²) in [6.45, 7) is 8.30. The van der Waals surface area contributed by atoms with E-state index in [1.165, 1.54) is 6.21 Å². The SMILES string of the molecule is Cc1cc(C)c(OCCN2CCNC2=O)c(C)c1C=NO. The van der Waals surface area contributed by atoms with Crippen molar-refractivity contribution >= 4 is 12.2 Å². The van der Waals surface area contributed by atoms with Gasteiger partial charge in [0.1, 0.15) is 12.4 Å². The maximum atomic E-state index is 11.4. The maximum absolute atomic E-state index is 11.4. The number of rotatable bonds is 5. The van der Waals surface area contributed by atoms with Gasteiger partial charge in [-0.1, -0.05) is 11.2 Å². The number of nitrogens with zero attached hydrogens (tertiary/aromatic N) is 2. The molecule has 2 rings (SSSR count). The van der Waals surface area contributed by atoms with Gasteiger partial charge in [0.2, 0.25) is 0 Å². The van der Waals surface area contributed by atoms with Crippen molar-refractivity contribution in [3.8, 4) is 5.75 Å². The third-order valence-electron chi connectivity index (χ3n) is 3.70. The molecule has 6 nitrogen and oxygen atoms in total. The molecule has 0 atom stereocenters. The molecule has 2 amide bonds. The topological polar surface area (TPSA) is 74.2 Å². The fourth-order valence-corrected chi connectivity index (χ4v) is 2.64. The van der Waals surface area contributed by atoms with E-state index in [-0.39, 0.29) is 6.03 Å². The van der Waals surface area contributed by atoms with Gasteiger partial charge >= 0.3 is 6.03 Å². The standard InChI is InChI=1S/C15H21N3O3/c1-10-8-11(2)14(12(3)13(10)9-17-20)21-7-6-18-5-4-16-15(18)19/h8-9,20H,4-7H2,1-3H3,(H,16,19). The highest BCUT2D eigenvalue weighted by Crippen LogP contribution is 2.28. The lowest BCUT2D eigenvalue weighted by atomic mass is 9.99. The van der Waals surface area contributed by atoms with E-state index in [4.69, 9.17) is 9.94 Å². The highest BCUT2D eigenvalue weighted by Gasteiger charge is 2.19. The fraction of sp³-hybridized carbons (Fsp3) is 0.467. The van der Waals surface area contributed by atoms with E-state index in [1.54, 1.807) is 4.90 Å². The second-order valence-electron chi connectivity index (χ2n) is 5.19. The van der Waals surface area contributed by atoms with Crippen LogP contribution in [0.4, 0.5) is 4.79 Å². The smallest absolute Gasteiger partial charge is 0.317 e. The van der Waals surface area contributed by atoms with Gasteiger partial charge < -0.3 is 20.2 Å². The minimum Gasteiger partial charge on any atom is -0.491 e.